The highest BCUT2D eigenvalue weighted by atomic mass is 19.4. The van der Waals surface area contributed by atoms with Crippen LogP contribution in [0.25, 0.3) is 16.9 Å². The average molecular weight is 399 g/mol. The van der Waals surface area contributed by atoms with Gasteiger partial charge < -0.3 is 5.32 Å². The number of alkyl halides is 3. The van der Waals surface area contributed by atoms with Gasteiger partial charge in [0.2, 0.25) is 0 Å². The Kier molecular flexibility index (Phi) is 5.11. The Morgan fingerprint density at radius 1 is 1.00 bits per heavy atom. The smallest absolute Gasteiger partial charge is 0.370 e. The van der Waals surface area contributed by atoms with Gasteiger partial charge in [-0.3, -0.25) is 0 Å². The first-order chi connectivity index (χ1) is 13.9. The summed E-state index contributed by atoms with van der Waals surface area (Å²) in [6.07, 6.45) is -1.84. The van der Waals surface area contributed by atoms with Gasteiger partial charge in [0, 0.05) is 17.7 Å². The molecular formula is C23H24F3N3. The maximum atomic E-state index is 13.7. The Balaban J connectivity index is 1.98. The number of hydrogen-bond donors (Lipinski definition) is 1. The predicted molar refractivity (Wildman–Crippen MR) is 110 cm³/mol. The first kappa shape index (κ1) is 19.6. The Bertz CT molecular complexity index is 1020. The van der Waals surface area contributed by atoms with Crippen molar-refractivity contribution >= 4 is 5.82 Å². The number of aromatic nitrogens is 2. The van der Waals surface area contributed by atoms with Crippen LogP contribution < -0.4 is 5.32 Å². The van der Waals surface area contributed by atoms with Crippen LogP contribution in [-0.4, -0.2) is 16.3 Å². The molecule has 0 atom stereocenters. The maximum absolute atomic E-state index is 13.7. The highest BCUT2D eigenvalue weighted by Gasteiger charge is 2.35. The van der Waals surface area contributed by atoms with E-state index in [1.54, 1.807) is 10.7 Å². The van der Waals surface area contributed by atoms with E-state index in [9.17, 15) is 13.2 Å². The first-order valence-electron chi connectivity index (χ1n) is 9.99. The summed E-state index contributed by atoms with van der Waals surface area (Å²) in [4.78, 5) is 0. The number of nitrogens with zero attached hydrogens (tertiary/aromatic N) is 2. The van der Waals surface area contributed by atoms with Gasteiger partial charge in [-0.25, -0.2) is 4.68 Å². The van der Waals surface area contributed by atoms with E-state index in [0.717, 1.165) is 48.1 Å². The third kappa shape index (κ3) is 3.63. The average Bonchev–Trinajstić information content (AvgIpc) is 2.88. The minimum absolute atomic E-state index is 0.140. The lowest BCUT2D eigenvalue weighted by Crippen LogP contribution is -2.09. The number of para-hydroxylation sites is 1. The van der Waals surface area contributed by atoms with Gasteiger partial charge in [0.1, 0.15) is 5.82 Å². The molecule has 0 fully saturated rings. The van der Waals surface area contributed by atoms with E-state index >= 15 is 0 Å². The predicted octanol–water partition coefficient (Wildman–Crippen LogP) is 6.43. The van der Waals surface area contributed by atoms with Gasteiger partial charge in [-0.2, -0.15) is 18.3 Å². The third-order valence-electron chi connectivity index (χ3n) is 5.40. The molecule has 0 radical (unpaired) electrons. The molecule has 0 saturated carbocycles. The molecule has 0 bridgehead atoms. The van der Waals surface area contributed by atoms with Gasteiger partial charge in [-0.1, -0.05) is 50.2 Å². The fourth-order valence-electron chi connectivity index (χ4n) is 4.00. The maximum Gasteiger partial charge on any atom is 0.417 e. The number of rotatable bonds is 3. The van der Waals surface area contributed by atoms with Crippen LogP contribution in [0.1, 0.15) is 49.3 Å². The fraction of sp³-hybridized carbons (Fsp3) is 0.348. The normalized spacial score (nSPS) is 14.4. The molecule has 0 unspecified atom stereocenters. The van der Waals surface area contributed by atoms with Crippen molar-refractivity contribution in [1.29, 1.82) is 0 Å². The van der Waals surface area contributed by atoms with Crippen LogP contribution in [0.2, 0.25) is 0 Å². The van der Waals surface area contributed by atoms with Crippen molar-refractivity contribution < 1.29 is 13.2 Å². The lowest BCUT2D eigenvalue weighted by molar-refractivity contribution is -0.137. The molecule has 1 aromatic heterocycles. The van der Waals surface area contributed by atoms with Crippen molar-refractivity contribution in [1.82, 2.24) is 9.78 Å². The molecular weight excluding hydrogens is 375 g/mol. The molecule has 1 N–H and O–H groups in total. The highest BCUT2D eigenvalue weighted by molar-refractivity contribution is 5.74. The van der Waals surface area contributed by atoms with E-state index in [4.69, 9.17) is 5.10 Å². The minimum atomic E-state index is -4.43. The fourth-order valence-corrected chi connectivity index (χ4v) is 4.00. The third-order valence-corrected chi connectivity index (χ3v) is 5.40. The molecule has 4 rings (SSSR count). The van der Waals surface area contributed by atoms with Gasteiger partial charge in [-0.05, 0) is 42.9 Å². The van der Waals surface area contributed by atoms with Crippen LogP contribution in [0.5, 0.6) is 0 Å². The van der Waals surface area contributed by atoms with Crippen LogP contribution in [0.4, 0.5) is 19.0 Å². The number of anilines is 1. The van der Waals surface area contributed by atoms with Crippen LogP contribution in [0.15, 0.2) is 48.5 Å². The SMILES string of the molecule is CC(C)c1ccccc1-n1nc(-c2ccccc2C(F)(F)F)c2c1NCCCC2. The topological polar surface area (TPSA) is 29.9 Å². The second kappa shape index (κ2) is 7.58. The van der Waals surface area contributed by atoms with Gasteiger partial charge in [0.05, 0.1) is 16.9 Å². The zero-order valence-corrected chi connectivity index (χ0v) is 16.6. The molecule has 1 aliphatic heterocycles. The van der Waals surface area contributed by atoms with E-state index in [1.165, 1.54) is 12.1 Å². The van der Waals surface area contributed by atoms with Crippen molar-refractivity contribution in [3.63, 3.8) is 0 Å². The van der Waals surface area contributed by atoms with E-state index in [0.29, 0.717) is 12.1 Å². The molecule has 3 aromatic rings. The van der Waals surface area contributed by atoms with Gasteiger partial charge >= 0.3 is 6.18 Å². The van der Waals surface area contributed by atoms with Gasteiger partial charge in [0.15, 0.2) is 0 Å². The van der Waals surface area contributed by atoms with E-state index in [-0.39, 0.29) is 11.5 Å². The monoisotopic (exact) mass is 399 g/mol. The largest absolute Gasteiger partial charge is 0.417 e. The van der Waals surface area contributed by atoms with E-state index < -0.39 is 11.7 Å². The molecule has 2 aromatic carbocycles. The summed E-state index contributed by atoms with van der Waals surface area (Å²) in [6.45, 7) is 4.99. The summed E-state index contributed by atoms with van der Waals surface area (Å²) in [5.74, 6) is 1.07. The summed E-state index contributed by atoms with van der Waals surface area (Å²) in [6, 6.07) is 13.7. The summed E-state index contributed by atoms with van der Waals surface area (Å²) in [7, 11) is 0. The Morgan fingerprint density at radius 2 is 1.72 bits per heavy atom. The first-order valence-corrected chi connectivity index (χ1v) is 9.99. The second-order valence-electron chi connectivity index (χ2n) is 7.73. The molecule has 6 heteroatoms. The second-order valence-corrected chi connectivity index (χ2v) is 7.73. The molecule has 2 heterocycles. The van der Waals surface area contributed by atoms with E-state index in [2.05, 4.69) is 19.2 Å². The van der Waals surface area contributed by atoms with Crippen LogP contribution in [-0.2, 0) is 12.6 Å². The van der Waals surface area contributed by atoms with Crippen molar-refractivity contribution in [3.05, 3.63) is 65.2 Å². The van der Waals surface area contributed by atoms with Crippen molar-refractivity contribution in [3.8, 4) is 16.9 Å². The van der Waals surface area contributed by atoms with Crippen LogP contribution >= 0.6 is 0 Å². The molecule has 0 aliphatic carbocycles. The molecule has 152 valence electrons. The molecule has 0 spiro atoms. The lowest BCUT2D eigenvalue weighted by atomic mass is 9.99. The quantitative estimate of drug-likeness (QED) is 0.550. The van der Waals surface area contributed by atoms with Crippen molar-refractivity contribution in [2.75, 3.05) is 11.9 Å². The number of fused-ring (bicyclic) bond motifs is 1. The molecule has 1 aliphatic rings. The minimum Gasteiger partial charge on any atom is -0.370 e. The zero-order valence-electron chi connectivity index (χ0n) is 16.6. The molecule has 29 heavy (non-hydrogen) atoms. The highest BCUT2D eigenvalue weighted by Crippen LogP contribution is 2.41. The van der Waals surface area contributed by atoms with Crippen LogP contribution in [0.3, 0.4) is 0 Å². The number of hydrogen-bond acceptors (Lipinski definition) is 2. The molecule has 3 nitrogen and oxygen atoms in total. The van der Waals surface area contributed by atoms with Crippen molar-refractivity contribution in [2.24, 2.45) is 0 Å². The van der Waals surface area contributed by atoms with Crippen LogP contribution in [0, 0.1) is 0 Å². The lowest BCUT2D eigenvalue weighted by Gasteiger charge is -2.15. The van der Waals surface area contributed by atoms with Gasteiger partial charge in [-0.15, -0.1) is 0 Å². The zero-order chi connectivity index (χ0) is 20.6. The summed E-state index contributed by atoms with van der Waals surface area (Å²) in [5.41, 5.74) is 2.79. The Labute approximate surface area is 168 Å². The summed E-state index contributed by atoms with van der Waals surface area (Å²) in [5, 5.41) is 8.17. The standard InChI is InChI=1S/C23H24F3N3/c1-15(2)16-9-4-6-13-20(16)29-22-18(11-7-8-14-27-22)21(28-29)17-10-3-5-12-19(17)23(24,25)26/h3-6,9-10,12-13,15,27H,7-8,11,14H2,1-2H3. The number of nitrogens with one attached hydrogen (secondary N) is 1. The van der Waals surface area contributed by atoms with E-state index in [1.807, 2.05) is 24.3 Å². The summed E-state index contributed by atoms with van der Waals surface area (Å²) >= 11 is 0. The number of benzene rings is 2. The molecule has 0 amide bonds. The summed E-state index contributed by atoms with van der Waals surface area (Å²) < 4.78 is 42.9. The molecule has 0 saturated heterocycles. The Morgan fingerprint density at radius 3 is 2.48 bits per heavy atom. The number of halogens is 3. The van der Waals surface area contributed by atoms with Gasteiger partial charge in [0.25, 0.3) is 0 Å². The Hall–Kier alpha value is -2.76. The van der Waals surface area contributed by atoms with Crippen molar-refractivity contribution in [2.45, 2.75) is 45.2 Å².